The van der Waals surface area contributed by atoms with E-state index < -0.39 is 18.4 Å². The number of piperidine rings is 1. The SMILES string of the molecule is CCC(C)C(C(=O)O)N1CC(CN2CCC(c3cc(Cc4ccc(OC(F)(F)F)cc4)nn3CC)CC2)C(c2cccc(C)c2)C1. The highest BCUT2D eigenvalue weighted by Gasteiger charge is 2.42. The molecule has 2 saturated heterocycles. The molecule has 3 aromatic rings. The second-order valence-electron chi connectivity index (χ2n) is 13.2. The number of aryl methyl sites for hydroxylation is 2. The lowest BCUT2D eigenvalue weighted by molar-refractivity contribution is -0.274. The lowest BCUT2D eigenvalue weighted by atomic mass is 9.86. The van der Waals surface area contributed by atoms with Gasteiger partial charge in [-0.05, 0) is 80.9 Å². The van der Waals surface area contributed by atoms with Crippen molar-refractivity contribution in [2.24, 2.45) is 11.8 Å². The van der Waals surface area contributed by atoms with Gasteiger partial charge in [-0.1, -0.05) is 62.2 Å². The van der Waals surface area contributed by atoms with Crippen LogP contribution in [-0.4, -0.2) is 75.8 Å². The molecule has 0 radical (unpaired) electrons. The topological polar surface area (TPSA) is 70.8 Å². The average molecular weight is 641 g/mol. The number of aromatic nitrogens is 2. The highest BCUT2D eigenvalue weighted by molar-refractivity contribution is 5.74. The largest absolute Gasteiger partial charge is 0.573 e. The summed E-state index contributed by atoms with van der Waals surface area (Å²) in [5.41, 5.74) is 5.54. The molecule has 2 aromatic carbocycles. The molecule has 0 saturated carbocycles. The van der Waals surface area contributed by atoms with Crippen LogP contribution in [0.2, 0.25) is 0 Å². The molecule has 10 heteroatoms. The van der Waals surface area contributed by atoms with Gasteiger partial charge < -0.3 is 14.7 Å². The minimum Gasteiger partial charge on any atom is -0.480 e. The van der Waals surface area contributed by atoms with Gasteiger partial charge in [0.1, 0.15) is 11.8 Å². The predicted molar refractivity (Wildman–Crippen MR) is 172 cm³/mol. The Bertz CT molecular complexity index is 1450. The second-order valence-corrected chi connectivity index (χ2v) is 13.2. The van der Waals surface area contributed by atoms with Gasteiger partial charge in [-0.2, -0.15) is 5.10 Å². The van der Waals surface area contributed by atoms with Crippen LogP contribution < -0.4 is 4.74 Å². The van der Waals surface area contributed by atoms with Crippen molar-refractivity contribution in [3.8, 4) is 5.75 Å². The molecule has 2 aliphatic heterocycles. The van der Waals surface area contributed by atoms with Gasteiger partial charge in [-0.15, -0.1) is 13.2 Å². The van der Waals surface area contributed by atoms with E-state index in [2.05, 4.69) is 70.3 Å². The molecular formula is C36H47F3N4O3. The van der Waals surface area contributed by atoms with Crippen molar-refractivity contribution in [1.82, 2.24) is 19.6 Å². The monoisotopic (exact) mass is 640 g/mol. The molecule has 4 unspecified atom stereocenters. The van der Waals surface area contributed by atoms with E-state index >= 15 is 0 Å². The van der Waals surface area contributed by atoms with Crippen molar-refractivity contribution < 1.29 is 27.8 Å². The molecular weight excluding hydrogens is 593 g/mol. The molecule has 0 bridgehead atoms. The summed E-state index contributed by atoms with van der Waals surface area (Å²) in [6, 6.07) is 16.4. The fraction of sp³-hybridized carbons (Fsp3) is 0.556. The maximum absolute atomic E-state index is 12.5. The molecule has 3 heterocycles. The summed E-state index contributed by atoms with van der Waals surface area (Å²) in [5.74, 6) is 0.163. The number of nitrogens with zero attached hydrogens (tertiary/aromatic N) is 4. The van der Waals surface area contributed by atoms with Crippen molar-refractivity contribution >= 4 is 5.97 Å². The Kier molecular flexibility index (Phi) is 10.8. The molecule has 0 amide bonds. The fourth-order valence-electron chi connectivity index (χ4n) is 7.49. The standard InChI is InChI=1S/C36H47F3N4O3/c1-5-25(4)34(35(44)45)42-22-29(32(23-42)28-9-7-8-24(3)18-28)21-41-16-14-27(15-17-41)33-20-30(40-43(33)6-2)19-26-10-12-31(13-11-26)46-36(37,38)39/h7-13,18,20,25,27,29,32,34H,5-6,14-17,19,21-23H2,1-4H3,(H,44,45). The van der Waals surface area contributed by atoms with E-state index in [1.807, 2.05) is 6.92 Å². The maximum Gasteiger partial charge on any atom is 0.573 e. The second kappa shape index (κ2) is 14.6. The first kappa shape index (κ1) is 34.0. The van der Waals surface area contributed by atoms with E-state index in [0.717, 1.165) is 69.8 Å². The zero-order valence-electron chi connectivity index (χ0n) is 27.3. The van der Waals surface area contributed by atoms with Gasteiger partial charge in [0.05, 0.1) is 5.69 Å². The third-order valence-electron chi connectivity index (χ3n) is 9.97. The van der Waals surface area contributed by atoms with Crippen LogP contribution in [0.25, 0.3) is 0 Å². The van der Waals surface area contributed by atoms with Crippen molar-refractivity contribution in [2.75, 3.05) is 32.7 Å². The van der Waals surface area contributed by atoms with Gasteiger partial charge in [-0.25, -0.2) is 0 Å². The molecule has 4 atom stereocenters. The first-order chi connectivity index (χ1) is 21.9. The minimum atomic E-state index is -4.71. The normalized spacial score (nSPS) is 21.4. The minimum absolute atomic E-state index is 0.0845. The molecule has 2 fully saturated rings. The number of hydrogen-bond donors (Lipinski definition) is 1. The molecule has 2 aliphatic rings. The van der Waals surface area contributed by atoms with E-state index in [1.165, 1.54) is 29.0 Å². The Morgan fingerprint density at radius 3 is 2.39 bits per heavy atom. The Hall–Kier alpha value is -3.37. The Labute approximate surface area is 270 Å². The number of halogens is 3. The summed E-state index contributed by atoms with van der Waals surface area (Å²) in [6.07, 6.45) is -1.30. The lowest BCUT2D eigenvalue weighted by Crippen LogP contribution is -2.45. The average Bonchev–Trinajstić information content (AvgIpc) is 3.61. The third kappa shape index (κ3) is 8.31. The number of ether oxygens (including phenoxy) is 1. The third-order valence-corrected chi connectivity index (χ3v) is 9.97. The molecule has 46 heavy (non-hydrogen) atoms. The van der Waals surface area contributed by atoms with E-state index in [1.54, 1.807) is 12.1 Å². The van der Waals surface area contributed by atoms with Crippen LogP contribution in [0.15, 0.2) is 54.6 Å². The molecule has 0 aliphatic carbocycles. The summed E-state index contributed by atoms with van der Waals surface area (Å²) in [6.45, 7) is 13.5. The van der Waals surface area contributed by atoms with E-state index in [0.29, 0.717) is 24.2 Å². The van der Waals surface area contributed by atoms with Gasteiger partial charge in [0.2, 0.25) is 0 Å². The van der Waals surface area contributed by atoms with Crippen LogP contribution in [-0.2, 0) is 17.8 Å². The number of alkyl halides is 3. The predicted octanol–water partition coefficient (Wildman–Crippen LogP) is 7.10. The van der Waals surface area contributed by atoms with E-state index in [4.69, 9.17) is 5.10 Å². The zero-order valence-corrected chi connectivity index (χ0v) is 27.3. The molecule has 0 spiro atoms. The van der Waals surface area contributed by atoms with Crippen LogP contribution >= 0.6 is 0 Å². The van der Waals surface area contributed by atoms with Crippen molar-refractivity contribution in [3.05, 3.63) is 82.7 Å². The number of likely N-dealkylation sites (tertiary alicyclic amines) is 2. The summed E-state index contributed by atoms with van der Waals surface area (Å²) in [7, 11) is 0. The number of carbonyl (C=O) groups is 1. The highest BCUT2D eigenvalue weighted by atomic mass is 19.4. The van der Waals surface area contributed by atoms with Gasteiger partial charge in [0, 0.05) is 50.1 Å². The summed E-state index contributed by atoms with van der Waals surface area (Å²) < 4.78 is 43.7. The van der Waals surface area contributed by atoms with E-state index in [9.17, 15) is 23.1 Å². The number of hydrogen-bond acceptors (Lipinski definition) is 5. The van der Waals surface area contributed by atoms with Crippen LogP contribution in [0, 0.1) is 18.8 Å². The number of aliphatic carboxylic acids is 1. The first-order valence-corrected chi connectivity index (χ1v) is 16.6. The number of carboxylic acids is 1. The number of rotatable bonds is 12. The summed E-state index contributed by atoms with van der Waals surface area (Å²) in [4.78, 5) is 17.1. The highest BCUT2D eigenvalue weighted by Crippen LogP contribution is 2.38. The van der Waals surface area contributed by atoms with Crippen LogP contribution in [0.4, 0.5) is 13.2 Å². The van der Waals surface area contributed by atoms with Crippen LogP contribution in [0.1, 0.15) is 79.9 Å². The molecule has 1 aromatic heterocycles. The van der Waals surface area contributed by atoms with Crippen LogP contribution in [0.5, 0.6) is 5.75 Å². The molecule has 7 nitrogen and oxygen atoms in total. The van der Waals surface area contributed by atoms with Gasteiger partial charge in [-0.3, -0.25) is 14.4 Å². The number of benzene rings is 2. The Morgan fingerprint density at radius 2 is 1.78 bits per heavy atom. The quantitative estimate of drug-likeness (QED) is 0.228. The van der Waals surface area contributed by atoms with Crippen molar-refractivity contribution in [2.45, 2.75) is 84.2 Å². The number of carboxylic acid groups (broad SMARTS) is 1. The van der Waals surface area contributed by atoms with Gasteiger partial charge >= 0.3 is 12.3 Å². The van der Waals surface area contributed by atoms with E-state index in [-0.39, 0.29) is 11.7 Å². The molecule has 250 valence electrons. The van der Waals surface area contributed by atoms with Gasteiger partial charge in [0.15, 0.2) is 0 Å². The lowest BCUT2D eigenvalue weighted by Gasteiger charge is -2.35. The Balaban J connectivity index is 1.23. The summed E-state index contributed by atoms with van der Waals surface area (Å²) in [5, 5.41) is 15.0. The zero-order chi connectivity index (χ0) is 33.0. The fourth-order valence-corrected chi connectivity index (χ4v) is 7.49. The molecule has 5 rings (SSSR count). The first-order valence-electron chi connectivity index (χ1n) is 16.6. The summed E-state index contributed by atoms with van der Waals surface area (Å²) >= 11 is 0. The van der Waals surface area contributed by atoms with Gasteiger partial charge in [0.25, 0.3) is 0 Å². The Morgan fingerprint density at radius 1 is 1.07 bits per heavy atom. The smallest absolute Gasteiger partial charge is 0.480 e. The maximum atomic E-state index is 12.5. The van der Waals surface area contributed by atoms with Crippen molar-refractivity contribution in [3.63, 3.8) is 0 Å². The molecule has 1 N–H and O–H groups in total. The van der Waals surface area contributed by atoms with Crippen LogP contribution in [0.3, 0.4) is 0 Å². The van der Waals surface area contributed by atoms with Crippen molar-refractivity contribution in [1.29, 1.82) is 0 Å².